The topological polar surface area (TPSA) is 47.3 Å². The molecule has 4 saturated carbocycles. The second kappa shape index (κ2) is 14.7. The van der Waals surface area contributed by atoms with Crippen molar-refractivity contribution in [2.24, 2.45) is 52.1 Å². The van der Waals surface area contributed by atoms with Crippen molar-refractivity contribution in [2.45, 2.75) is 149 Å². The van der Waals surface area contributed by atoms with Crippen molar-refractivity contribution in [3.8, 4) is 0 Å². The first-order valence-electron chi connectivity index (χ1n) is 17.5. The Morgan fingerprint density at radius 2 is 1.61 bits per heavy atom. The molecular formula is C35H66N2O. The molecule has 0 aromatic heterocycles. The molecule has 222 valence electrons. The summed E-state index contributed by atoms with van der Waals surface area (Å²) in [6.45, 7) is 14.4. The first-order chi connectivity index (χ1) is 18.5. The maximum absolute atomic E-state index is 6.79. The molecule has 3 N–H and O–H groups in total. The molecule has 9 atom stereocenters. The molecular weight excluding hydrogens is 464 g/mol. The van der Waals surface area contributed by atoms with Crippen molar-refractivity contribution in [2.75, 3.05) is 26.2 Å². The zero-order chi connectivity index (χ0) is 27.0. The van der Waals surface area contributed by atoms with Gasteiger partial charge in [0.1, 0.15) is 0 Å². The summed E-state index contributed by atoms with van der Waals surface area (Å²) in [6, 6.07) is 0. The maximum atomic E-state index is 6.79. The van der Waals surface area contributed by atoms with E-state index in [0.29, 0.717) is 16.9 Å². The van der Waals surface area contributed by atoms with E-state index in [1.165, 1.54) is 122 Å². The van der Waals surface area contributed by atoms with Gasteiger partial charge >= 0.3 is 0 Å². The van der Waals surface area contributed by atoms with E-state index in [9.17, 15) is 0 Å². The summed E-state index contributed by atoms with van der Waals surface area (Å²) < 4.78 is 6.79. The number of fused-ring (bicyclic) bond motifs is 5. The van der Waals surface area contributed by atoms with Crippen LogP contribution in [0, 0.1) is 46.3 Å². The molecule has 7 unspecified atom stereocenters. The van der Waals surface area contributed by atoms with E-state index in [-0.39, 0.29) is 0 Å². The Morgan fingerprint density at radius 3 is 2.42 bits per heavy atom. The molecule has 3 heteroatoms. The molecule has 0 aliphatic heterocycles. The summed E-state index contributed by atoms with van der Waals surface area (Å²) in [5, 5.41) is 3.76. The number of hydrogen-bond acceptors (Lipinski definition) is 3. The van der Waals surface area contributed by atoms with E-state index in [1.807, 2.05) is 0 Å². The smallest absolute Gasteiger partial charge is 0.0611 e. The zero-order valence-electron chi connectivity index (χ0n) is 26.1. The molecule has 0 heterocycles. The second-order valence-corrected chi connectivity index (χ2v) is 14.9. The van der Waals surface area contributed by atoms with Gasteiger partial charge in [0.15, 0.2) is 0 Å². The highest BCUT2D eigenvalue weighted by molar-refractivity contribution is 5.11. The summed E-state index contributed by atoms with van der Waals surface area (Å²) >= 11 is 0. The number of nitrogens with one attached hydrogen (secondary N) is 1. The molecule has 4 rings (SSSR count). The lowest BCUT2D eigenvalue weighted by molar-refractivity contribution is -0.180. The monoisotopic (exact) mass is 531 g/mol. The molecule has 0 bridgehead atoms. The molecule has 4 aliphatic rings. The summed E-state index contributed by atoms with van der Waals surface area (Å²) in [5.74, 6) is 5.22. The molecule has 4 fully saturated rings. The quantitative estimate of drug-likeness (QED) is 0.196. The van der Waals surface area contributed by atoms with Crippen LogP contribution in [-0.2, 0) is 4.74 Å². The number of unbranched alkanes of at least 4 members (excludes halogenated alkanes) is 5. The Bertz CT molecular complexity index is 683. The molecule has 0 amide bonds. The normalized spacial score (nSPS) is 39.4. The molecule has 0 saturated heterocycles. The third-order valence-corrected chi connectivity index (χ3v) is 12.7. The van der Waals surface area contributed by atoms with Gasteiger partial charge in [0.05, 0.1) is 6.10 Å². The maximum Gasteiger partial charge on any atom is 0.0611 e. The van der Waals surface area contributed by atoms with Crippen LogP contribution in [0.2, 0.25) is 0 Å². The lowest BCUT2D eigenvalue weighted by Crippen LogP contribution is -2.58. The Labute approximate surface area is 237 Å². The Hall–Kier alpha value is -0.120. The average Bonchev–Trinajstić information content (AvgIpc) is 3.27. The zero-order valence-corrected chi connectivity index (χ0v) is 26.1. The van der Waals surface area contributed by atoms with Gasteiger partial charge < -0.3 is 15.8 Å². The van der Waals surface area contributed by atoms with Crippen molar-refractivity contribution >= 4 is 0 Å². The fraction of sp³-hybridized carbons (Fsp3) is 1.00. The molecule has 0 aromatic carbocycles. The standard InChI is InChI=1S/C35H66N2O/c1-5-6-7-8-9-12-23-37-24-13-15-27(2)29-17-18-30-33-31(19-21-35(29,30)4)34(3)20-11-10-16-28(34)26-32(33)38-25-14-22-36/h27-33,37H,5-26,36H2,1-4H3/t27-,28?,29?,30?,31?,32-,33?,34?,35?/m1/s1. The second-order valence-electron chi connectivity index (χ2n) is 14.9. The van der Waals surface area contributed by atoms with E-state index < -0.39 is 0 Å². The van der Waals surface area contributed by atoms with Crippen LogP contribution in [0.15, 0.2) is 0 Å². The van der Waals surface area contributed by atoms with Crippen LogP contribution in [0.4, 0.5) is 0 Å². The van der Waals surface area contributed by atoms with E-state index >= 15 is 0 Å². The van der Waals surface area contributed by atoms with Gasteiger partial charge in [0, 0.05) is 6.61 Å². The highest BCUT2D eigenvalue weighted by atomic mass is 16.5. The highest BCUT2D eigenvalue weighted by Gasteiger charge is 2.62. The van der Waals surface area contributed by atoms with Gasteiger partial charge in [-0.1, -0.05) is 72.6 Å². The van der Waals surface area contributed by atoms with Crippen LogP contribution >= 0.6 is 0 Å². The summed E-state index contributed by atoms with van der Waals surface area (Å²) in [4.78, 5) is 0. The molecule has 0 radical (unpaired) electrons. The fourth-order valence-corrected chi connectivity index (χ4v) is 10.6. The van der Waals surface area contributed by atoms with Gasteiger partial charge in [-0.15, -0.1) is 0 Å². The first kappa shape index (κ1) is 30.8. The van der Waals surface area contributed by atoms with Crippen molar-refractivity contribution < 1.29 is 4.74 Å². The highest BCUT2D eigenvalue weighted by Crippen LogP contribution is 2.68. The predicted molar refractivity (Wildman–Crippen MR) is 163 cm³/mol. The van der Waals surface area contributed by atoms with E-state index in [0.717, 1.165) is 55.1 Å². The Balaban J connectivity index is 1.31. The Morgan fingerprint density at radius 1 is 0.842 bits per heavy atom. The van der Waals surface area contributed by atoms with Crippen molar-refractivity contribution in [1.29, 1.82) is 0 Å². The lowest BCUT2D eigenvalue weighted by atomic mass is 9.44. The van der Waals surface area contributed by atoms with Gasteiger partial charge in [-0.25, -0.2) is 0 Å². The van der Waals surface area contributed by atoms with Gasteiger partial charge in [-0.3, -0.25) is 0 Å². The minimum absolute atomic E-state index is 0.493. The molecule has 4 aliphatic carbocycles. The average molecular weight is 531 g/mol. The van der Waals surface area contributed by atoms with Crippen molar-refractivity contribution in [3.63, 3.8) is 0 Å². The number of ether oxygens (including phenoxy) is 1. The third kappa shape index (κ3) is 6.84. The lowest BCUT2D eigenvalue weighted by Gasteiger charge is -2.62. The van der Waals surface area contributed by atoms with Gasteiger partial charge in [0.25, 0.3) is 0 Å². The largest absolute Gasteiger partial charge is 0.378 e. The SMILES string of the molecule is CCCCCCCCNCCC[C@@H](C)C1CCC2C3C(CCC21C)C1(C)CCCCC1C[C@H]3OCCCN. The summed E-state index contributed by atoms with van der Waals surface area (Å²) in [6.07, 6.45) is 25.7. The molecule has 3 nitrogen and oxygen atoms in total. The molecule has 0 aromatic rings. The van der Waals surface area contributed by atoms with E-state index in [4.69, 9.17) is 10.5 Å². The van der Waals surface area contributed by atoms with E-state index in [2.05, 4.69) is 33.0 Å². The first-order valence-corrected chi connectivity index (χ1v) is 17.5. The van der Waals surface area contributed by atoms with Crippen LogP contribution in [0.25, 0.3) is 0 Å². The van der Waals surface area contributed by atoms with Crippen LogP contribution < -0.4 is 11.1 Å². The third-order valence-electron chi connectivity index (χ3n) is 12.7. The van der Waals surface area contributed by atoms with Gasteiger partial charge in [0.2, 0.25) is 0 Å². The molecule has 38 heavy (non-hydrogen) atoms. The Kier molecular flexibility index (Phi) is 11.9. The van der Waals surface area contributed by atoms with Gasteiger partial charge in [-0.2, -0.15) is 0 Å². The number of rotatable bonds is 16. The van der Waals surface area contributed by atoms with Crippen molar-refractivity contribution in [3.05, 3.63) is 0 Å². The van der Waals surface area contributed by atoms with Crippen LogP contribution in [-0.4, -0.2) is 32.3 Å². The summed E-state index contributed by atoms with van der Waals surface area (Å²) in [7, 11) is 0. The minimum Gasteiger partial charge on any atom is -0.378 e. The van der Waals surface area contributed by atoms with Crippen LogP contribution in [0.5, 0.6) is 0 Å². The van der Waals surface area contributed by atoms with Crippen LogP contribution in [0.3, 0.4) is 0 Å². The number of hydrogen-bond donors (Lipinski definition) is 2. The number of nitrogens with two attached hydrogens (primary N) is 1. The predicted octanol–water partition coefficient (Wildman–Crippen LogP) is 8.75. The van der Waals surface area contributed by atoms with Crippen molar-refractivity contribution in [1.82, 2.24) is 5.32 Å². The van der Waals surface area contributed by atoms with Crippen LogP contribution in [0.1, 0.15) is 143 Å². The summed E-state index contributed by atoms with van der Waals surface area (Å²) in [5.41, 5.74) is 6.97. The fourth-order valence-electron chi connectivity index (χ4n) is 10.6. The minimum atomic E-state index is 0.493. The van der Waals surface area contributed by atoms with Gasteiger partial charge in [-0.05, 0) is 137 Å². The van der Waals surface area contributed by atoms with E-state index in [1.54, 1.807) is 0 Å². The molecule has 0 spiro atoms.